The number of halogens is 1. The van der Waals surface area contributed by atoms with Gasteiger partial charge >= 0.3 is 0 Å². The first-order valence-corrected chi connectivity index (χ1v) is 10.5. The van der Waals surface area contributed by atoms with Crippen molar-refractivity contribution >= 4 is 28.3 Å². The van der Waals surface area contributed by atoms with E-state index in [-0.39, 0.29) is 22.3 Å². The number of carbonyl (C=O) groups excluding carboxylic acids is 2. The molecule has 2 aromatic rings. The van der Waals surface area contributed by atoms with E-state index in [0.717, 1.165) is 30.8 Å². The van der Waals surface area contributed by atoms with Crippen LogP contribution in [0.1, 0.15) is 53.5 Å². The van der Waals surface area contributed by atoms with Crippen molar-refractivity contribution in [1.29, 1.82) is 0 Å². The van der Waals surface area contributed by atoms with Crippen LogP contribution in [-0.2, 0) is 0 Å². The molecule has 0 bridgehead atoms. The highest BCUT2D eigenvalue weighted by atomic mass is 32.1. The van der Waals surface area contributed by atoms with Gasteiger partial charge in [0.2, 0.25) is 0 Å². The Balaban J connectivity index is 1.45. The number of aromatic nitrogens is 1. The zero-order valence-corrected chi connectivity index (χ0v) is 16.7. The second-order valence-corrected chi connectivity index (χ2v) is 7.82. The Kier molecular flexibility index (Phi) is 7.11. The SMILES string of the molecule is C[C@H]1CCCCN1CCCNC(=O)c1csc(NC(=O)c2ccccc2F)n1. The van der Waals surface area contributed by atoms with Gasteiger partial charge in [-0.15, -0.1) is 11.3 Å². The lowest BCUT2D eigenvalue weighted by Crippen LogP contribution is -2.39. The summed E-state index contributed by atoms with van der Waals surface area (Å²) in [5.41, 5.74) is 0.191. The van der Waals surface area contributed by atoms with Crippen molar-refractivity contribution in [3.8, 4) is 0 Å². The molecule has 6 nitrogen and oxygen atoms in total. The number of nitrogens with one attached hydrogen (secondary N) is 2. The van der Waals surface area contributed by atoms with Gasteiger partial charge in [-0.3, -0.25) is 14.9 Å². The fourth-order valence-corrected chi connectivity index (χ4v) is 4.00. The van der Waals surface area contributed by atoms with E-state index in [0.29, 0.717) is 12.6 Å². The van der Waals surface area contributed by atoms with Gasteiger partial charge in [-0.25, -0.2) is 9.37 Å². The smallest absolute Gasteiger partial charge is 0.270 e. The molecule has 1 aromatic carbocycles. The van der Waals surface area contributed by atoms with Crippen molar-refractivity contribution in [2.75, 3.05) is 25.0 Å². The molecule has 1 saturated heterocycles. The second-order valence-electron chi connectivity index (χ2n) is 6.96. The Labute approximate surface area is 168 Å². The molecule has 1 aromatic heterocycles. The zero-order chi connectivity index (χ0) is 19.9. The standard InChI is InChI=1S/C20H25FN4O2S/c1-14-7-4-5-11-25(14)12-6-10-22-19(27)17-13-28-20(23-17)24-18(26)15-8-2-3-9-16(15)21/h2-3,8-9,13-14H,4-7,10-12H2,1H3,(H,22,27)(H,23,24,26)/t14-/m0/s1. The predicted molar refractivity (Wildman–Crippen MR) is 108 cm³/mol. The Morgan fingerprint density at radius 1 is 1.29 bits per heavy atom. The van der Waals surface area contributed by atoms with Gasteiger partial charge in [-0.1, -0.05) is 18.6 Å². The highest BCUT2D eigenvalue weighted by Gasteiger charge is 2.18. The molecule has 1 aliphatic rings. The highest BCUT2D eigenvalue weighted by Crippen LogP contribution is 2.18. The Morgan fingerprint density at radius 2 is 2.11 bits per heavy atom. The summed E-state index contributed by atoms with van der Waals surface area (Å²) in [7, 11) is 0. The molecule has 1 atom stereocenters. The van der Waals surface area contributed by atoms with Crippen LogP contribution in [0.3, 0.4) is 0 Å². The molecular formula is C20H25FN4O2S. The van der Waals surface area contributed by atoms with Gasteiger partial charge in [0.05, 0.1) is 5.56 Å². The predicted octanol–water partition coefficient (Wildman–Crippen LogP) is 3.53. The minimum absolute atomic E-state index is 0.0596. The number of hydrogen-bond acceptors (Lipinski definition) is 5. The van der Waals surface area contributed by atoms with Crippen molar-refractivity contribution in [3.05, 3.63) is 46.7 Å². The fraction of sp³-hybridized carbons (Fsp3) is 0.450. The fourth-order valence-electron chi connectivity index (χ4n) is 3.31. The Hall–Kier alpha value is -2.32. The molecule has 1 fully saturated rings. The molecule has 2 heterocycles. The summed E-state index contributed by atoms with van der Waals surface area (Å²) in [5, 5.41) is 7.24. The number of thiazole rings is 1. The summed E-state index contributed by atoms with van der Waals surface area (Å²) in [5.74, 6) is -1.46. The summed E-state index contributed by atoms with van der Waals surface area (Å²) in [6.07, 6.45) is 4.68. The third kappa shape index (κ3) is 5.36. The monoisotopic (exact) mass is 404 g/mol. The average molecular weight is 405 g/mol. The van der Waals surface area contributed by atoms with E-state index in [9.17, 15) is 14.0 Å². The summed E-state index contributed by atoms with van der Waals surface area (Å²) < 4.78 is 13.7. The number of carbonyl (C=O) groups is 2. The largest absolute Gasteiger partial charge is 0.351 e. The molecule has 0 unspecified atom stereocenters. The van der Waals surface area contributed by atoms with Crippen LogP contribution < -0.4 is 10.6 Å². The number of hydrogen-bond donors (Lipinski definition) is 2. The number of likely N-dealkylation sites (tertiary alicyclic amines) is 1. The van der Waals surface area contributed by atoms with Gasteiger partial charge in [0, 0.05) is 24.5 Å². The normalized spacial score (nSPS) is 17.3. The lowest BCUT2D eigenvalue weighted by atomic mass is 10.0. The molecule has 1 aliphatic heterocycles. The van der Waals surface area contributed by atoms with E-state index < -0.39 is 11.7 Å². The molecule has 3 rings (SSSR count). The van der Waals surface area contributed by atoms with Crippen LogP contribution in [0, 0.1) is 5.82 Å². The van der Waals surface area contributed by atoms with Gasteiger partial charge in [0.15, 0.2) is 5.13 Å². The minimum Gasteiger partial charge on any atom is -0.351 e. The zero-order valence-electron chi connectivity index (χ0n) is 15.9. The highest BCUT2D eigenvalue weighted by molar-refractivity contribution is 7.14. The van der Waals surface area contributed by atoms with Crippen LogP contribution in [0.5, 0.6) is 0 Å². The topological polar surface area (TPSA) is 74.3 Å². The summed E-state index contributed by atoms with van der Waals surface area (Å²) in [6.45, 7) is 4.94. The maximum absolute atomic E-state index is 13.7. The van der Waals surface area contributed by atoms with Crippen molar-refractivity contribution < 1.29 is 14.0 Å². The van der Waals surface area contributed by atoms with E-state index in [2.05, 4.69) is 27.4 Å². The molecule has 8 heteroatoms. The Morgan fingerprint density at radius 3 is 2.89 bits per heavy atom. The number of rotatable bonds is 7. The van der Waals surface area contributed by atoms with Gasteiger partial charge in [0.1, 0.15) is 11.5 Å². The van der Waals surface area contributed by atoms with Gasteiger partial charge in [-0.2, -0.15) is 0 Å². The number of amides is 2. The summed E-state index contributed by atoms with van der Waals surface area (Å²) in [6, 6.07) is 6.34. The molecule has 28 heavy (non-hydrogen) atoms. The molecule has 0 radical (unpaired) electrons. The van der Waals surface area contributed by atoms with Crippen LogP contribution in [0.15, 0.2) is 29.6 Å². The molecular weight excluding hydrogens is 379 g/mol. The summed E-state index contributed by atoms with van der Waals surface area (Å²) in [4.78, 5) is 30.9. The van der Waals surface area contributed by atoms with Crippen LogP contribution in [0.4, 0.5) is 9.52 Å². The maximum atomic E-state index is 13.7. The lowest BCUT2D eigenvalue weighted by Gasteiger charge is -2.33. The van der Waals surface area contributed by atoms with Crippen LogP contribution >= 0.6 is 11.3 Å². The third-order valence-corrected chi connectivity index (χ3v) is 5.68. The molecule has 150 valence electrons. The third-order valence-electron chi connectivity index (χ3n) is 4.92. The molecule has 2 N–H and O–H groups in total. The first-order valence-electron chi connectivity index (χ1n) is 9.58. The first kappa shape index (κ1) is 20.4. The second kappa shape index (κ2) is 9.75. The van der Waals surface area contributed by atoms with Crippen molar-refractivity contribution in [2.24, 2.45) is 0 Å². The van der Waals surface area contributed by atoms with E-state index in [1.807, 2.05) is 0 Å². The van der Waals surface area contributed by atoms with Gasteiger partial charge < -0.3 is 10.2 Å². The first-order chi connectivity index (χ1) is 13.5. The van der Waals surface area contributed by atoms with Crippen LogP contribution in [0.2, 0.25) is 0 Å². The molecule has 2 amide bonds. The molecule has 0 saturated carbocycles. The van der Waals surface area contributed by atoms with E-state index in [1.54, 1.807) is 11.4 Å². The van der Waals surface area contributed by atoms with Gasteiger partial charge in [-0.05, 0) is 44.9 Å². The van der Waals surface area contributed by atoms with Crippen molar-refractivity contribution in [3.63, 3.8) is 0 Å². The lowest BCUT2D eigenvalue weighted by molar-refractivity contribution is 0.0943. The van der Waals surface area contributed by atoms with Crippen LogP contribution in [0.25, 0.3) is 0 Å². The summed E-state index contributed by atoms with van der Waals surface area (Å²) >= 11 is 1.13. The molecule has 0 spiro atoms. The van der Waals surface area contributed by atoms with E-state index >= 15 is 0 Å². The van der Waals surface area contributed by atoms with E-state index in [4.69, 9.17) is 0 Å². The minimum atomic E-state index is -0.599. The van der Waals surface area contributed by atoms with Gasteiger partial charge in [0.25, 0.3) is 11.8 Å². The maximum Gasteiger partial charge on any atom is 0.270 e. The van der Waals surface area contributed by atoms with Crippen LogP contribution in [-0.4, -0.2) is 47.4 Å². The quantitative estimate of drug-likeness (QED) is 0.693. The van der Waals surface area contributed by atoms with Crippen molar-refractivity contribution in [1.82, 2.24) is 15.2 Å². The number of nitrogens with zero attached hydrogens (tertiary/aromatic N) is 2. The Bertz CT molecular complexity index is 826. The average Bonchev–Trinajstić information content (AvgIpc) is 3.15. The number of benzene rings is 1. The van der Waals surface area contributed by atoms with E-state index in [1.165, 1.54) is 37.5 Å². The van der Waals surface area contributed by atoms with Crippen molar-refractivity contribution in [2.45, 2.75) is 38.6 Å². The number of anilines is 1. The molecule has 0 aliphatic carbocycles. The number of piperidine rings is 1.